The van der Waals surface area contributed by atoms with Crippen LogP contribution in [0.1, 0.15) is 15.9 Å². The topological polar surface area (TPSA) is 88.2 Å². The molecule has 2 rings (SSSR count). The van der Waals surface area contributed by atoms with Gasteiger partial charge in [-0.1, -0.05) is 18.2 Å². The van der Waals surface area contributed by atoms with E-state index in [2.05, 4.69) is 10.3 Å². The van der Waals surface area contributed by atoms with E-state index in [0.717, 1.165) is 5.56 Å². The largest absolute Gasteiger partial charge is 0.505 e. The van der Waals surface area contributed by atoms with Crippen LogP contribution in [0.3, 0.4) is 0 Å². The molecule has 18 heavy (non-hydrogen) atoms. The smallest absolute Gasteiger partial charge is 0.255 e. The number of hydrogen-bond acceptors (Lipinski definition) is 4. The molecule has 1 aromatic carbocycles. The number of carbonyl (C=O) groups is 1. The van der Waals surface area contributed by atoms with Gasteiger partial charge in [0.25, 0.3) is 5.91 Å². The lowest BCUT2D eigenvalue weighted by atomic mass is 10.1. The highest BCUT2D eigenvalue weighted by molar-refractivity contribution is 5.96. The molecule has 0 spiro atoms. The van der Waals surface area contributed by atoms with Gasteiger partial charge in [0.2, 0.25) is 0 Å². The number of nitrogens with zero attached hydrogens (tertiary/aromatic N) is 1. The molecule has 0 aliphatic heterocycles. The van der Waals surface area contributed by atoms with E-state index in [0.29, 0.717) is 12.2 Å². The van der Waals surface area contributed by atoms with E-state index in [1.54, 1.807) is 6.07 Å². The normalized spacial score (nSPS) is 10.0. The van der Waals surface area contributed by atoms with Crippen LogP contribution in [0.25, 0.3) is 0 Å². The first-order valence-corrected chi connectivity index (χ1v) is 5.43. The molecule has 2 aromatic rings. The Morgan fingerprint density at radius 3 is 2.83 bits per heavy atom. The summed E-state index contributed by atoms with van der Waals surface area (Å²) in [5, 5.41) is 12.2. The molecule has 0 radical (unpaired) electrons. The third-order valence-electron chi connectivity index (χ3n) is 2.54. The number of rotatable bonds is 3. The van der Waals surface area contributed by atoms with Crippen LogP contribution >= 0.6 is 0 Å². The molecule has 1 heterocycles. The van der Waals surface area contributed by atoms with Crippen LogP contribution in [-0.4, -0.2) is 16.0 Å². The Morgan fingerprint density at radius 2 is 2.11 bits per heavy atom. The molecular formula is C13H13N3O2. The number of nitrogen functional groups attached to an aromatic ring is 1. The van der Waals surface area contributed by atoms with Crippen LogP contribution < -0.4 is 11.1 Å². The van der Waals surface area contributed by atoms with E-state index in [-0.39, 0.29) is 17.2 Å². The maximum atomic E-state index is 11.8. The first-order chi connectivity index (χ1) is 8.68. The Morgan fingerprint density at radius 1 is 1.33 bits per heavy atom. The maximum Gasteiger partial charge on any atom is 0.255 e. The van der Waals surface area contributed by atoms with Gasteiger partial charge in [-0.25, -0.2) is 0 Å². The molecule has 0 atom stereocenters. The average Bonchev–Trinajstić information content (AvgIpc) is 2.38. The molecule has 0 fully saturated rings. The molecule has 1 amide bonds. The zero-order valence-corrected chi connectivity index (χ0v) is 9.63. The SMILES string of the molecule is Nc1ccccc1CNC(=O)c1ccncc1O. The average molecular weight is 243 g/mol. The monoisotopic (exact) mass is 243 g/mol. The Bertz CT molecular complexity index is 570. The van der Waals surface area contributed by atoms with E-state index < -0.39 is 0 Å². The minimum absolute atomic E-state index is 0.143. The van der Waals surface area contributed by atoms with Crippen molar-refractivity contribution in [2.24, 2.45) is 0 Å². The molecule has 0 aliphatic rings. The van der Waals surface area contributed by atoms with Crippen LogP contribution in [0, 0.1) is 0 Å². The highest BCUT2D eigenvalue weighted by atomic mass is 16.3. The number of nitrogens with one attached hydrogen (secondary N) is 1. The number of aromatic nitrogens is 1. The molecular weight excluding hydrogens is 230 g/mol. The maximum absolute atomic E-state index is 11.8. The highest BCUT2D eigenvalue weighted by Gasteiger charge is 2.10. The first kappa shape index (κ1) is 11.9. The minimum atomic E-state index is -0.363. The van der Waals surface area contributed by atoms with Crippen molar-refractivity contribution in [3.63, 3.8) is 0 Å². The summed E-state index contributed by atoms with van der Waals surface area (Å²) in [4.78, 5) is 15.5. The summed E-state index contributed by atoms with van der Waals surface area (Å²) < 4.78 is 0. The summed E-state index contributed by atoms with van der Waals surface area (Å²) in [6.45, 7) is 0.313. The highest BCUT2D eigenvalue weighted by Crippen LogP contribution is 2.14. The van der Waals surface area contributed by atoms with E-state index >= 15 is 0 Å². The quantitative estimate of drug-likeness (QED) is 0.709. The number of carbonyl (C=O) groups excluding carboxylic acids is 1. The summed E-state index contributed by atoms with van der Waals surface area (Å²) in [5.74, 6) is -0.505. The number of para-hydroxylation sites is 1. The number of amides is 1. The van der Waals surface area contributed by atoms with Gasteiger partial charge in [-0.2, -0.15) is 0 Å². The van der Waals surface area contributed by atoms with Crippen molar-refractivity contribution < 1.29 is 9.90 Å². The van der Waals surface area contributed by atoms with Gasteiger partial charge in [-0.15, -0.1) is 0 Å². The molecule has 5 heteroatoms. The van der Waals surface area contributed by atoms with Gasteiger partial charge in [0.1, 0.15) is 5.75 Å². The van der Waals surface area contributed by atoms with Crippen LogP contribution in [0.5, 0.6) is 5.75 Å². The lowest BCUT2D eigenvalue weighted by Crippen LogP contribution is -2.23. The Kier molecular flexibility index (Phi) is 3.43. The van der Waals surface area contributed by atoms with Crippen molar-refractivity contribution in [3.8, 4) is 5.75 Å². The second-order valence-electron chi connectivity index (χ2n) is 3.77. The third-order valence-corrected chi connectivity index (χ3v) is 2.54. The summed E-state index contributed by atoms with van der Waals surface area (Å²) in [5.41, 5.74) is 7.41. The number of benzene rings is 1. The number of anilines is 1. The van der Waals surface area contributed by atoms with Crippen molar-refractivity contribution in [2.75, 3.05) is 5.73 Å². The Labute approximate surface area is 104 Å². The molecule has 4 N–H and O–H groups in total. The van der Waals surface area contributed by atoms with Gasteiger partial charge in [0, 0.05) is 18.4 Å². The van der Waals surface area contributed by atoms with E-state index in [1.807, 2.05) is 18.2 Å². The number of hydrogen-bond donors (Lipinski definition) is 3. The number of pyridine rings is 1. The molecule has 0 saturated heterocycles. The molecule has 0 unspecified atom stereocenters. The van der Waals surface area contributed by atoms with Gasteiger partial charge in [0.05, 0.1) is 11.8 Å². The standard InChI is InChI=1S/C13H13N3O2/c14-11-4-2-1-3-9(11)7-16-13(18)10-5-6-15-8-12(10)17/h1-6,8,17H,7,14H2,(H,16,18). The molecule has 5 nitrogen and oxygen atoms in total. The van der Waals surface area contributed by atoms with Gasteiger partial charge in [-0.05, 0) is 17.7 Å². The Hall–Kier alpha value is -2.56. The van der Waals surface area contributed by atoms with Crippen molar-refractivity contribution in [1.82, 2.24) is 10.3 Å². The lowest BCUT2D eigenvalue weighted by Gasteiger charge is -2.08. The van der Waals surface area contributed by atoms with Crippen LogP contribution in [0.15, 0.2) is 42.7 Å². The second kappa shape index (κ2) is 5.18. The van der Waals surface area contributed by atoms with E-state index in [4.69, 9.17) is 5.73 Å². The number of aromatic hydroxyl groups is 1. The van der Waals surface area contributed by atoms with E-state index in [1.165, 1.54) is 18.5 Å². The van der Waals surface area contributed by atoms with E-state index in [9.17, 15) is 9.90 Å². The molecule has 0 saturated carbocycles. The fraction of sp³-hybridized carbons (Fsp3) is 0.0769. The fourth-order valence-electron chi connectivity index (χ4n) is 1.54. The van der Waals surface area contributed by atoms with Crippen molar-refractivity contribution in [3.05, 3.63) is 53.9 Å². The zero-order valence-electron chi connectivity index (χ0n) is 9.63. The lowest BCUT2D eigenvalue weighted by molar-refractivity contribution is 0.0948. The van der Waals surface area contributed by atoms with Gasteiger partial charge < -0.3 is 16.2 Å². The van der Waals surface area contributed by atoms with Crippen LogP contribution in [0.2, 0.25) is 0 Å². The summed E-state index contributed by atoms with van der Waals surface area (Å²) in [7, 11) is 0. The molecule has 92 valence electrons. The third kappa shape index (κ3) is 2.57. The van der Waals surface area contributed by atoms with Gasteiger partial charge in [0.15, 0.2) is 0 Å². The second-order valence-corrected chi connectivity index (χ2v) is 3.77. The zero-order chi connectivity index (χ0) is 13.0. The summed E-state index contributed by atoms with van der Waals surface area (Å²) in [6, 6.07) is 8.74. The predicted molar refractivity (Wildman–Crippen MR) is 67.9 cm³/mol. The fourth-order valence-corrected chi connectivity index (χ4v) is 1.54. The minimum Gasteiger partial charge on any atom is -0.505 e. The van der Waals surface area contributed by atoms with Gasteiger partial charge in [-0.3, -0.25) is 9.78 Å². The molecule has 0 bridgehead atoms. The van der Waals surface area contributed by atoms with Crippen LogP contribution in [-0.2, 0) is 6.54 Å². The van der Waals surface area contributed by atoms with Gasteiger partial charge >= 0.3 is 0 Å². The predicted octanol–water partition coefficient (Wildman–Crippen LogP) is 1.30. The Balaban J connectivity index is 2.06. The van der Waals surface area contributed by atoms with Crippen LogP contribution in [0.4, 0.5) is 5.69 Å². The summed E-state index contributed by atoms with van der Waals surface area (Å²) in [6.07, 6.45) is 2.68. The molecule has 0 aliphatic carbocycles. The summed E-state index contributed by atoms with van der Waals surface area (Å²) >= 11 is 0. The number of nitrogens with two attached hydrogens (primary N) is 1. The van der Waals surface area contributed by atoms with Crippen molar-refractivity contribution in [1.29, 1.82) is 0 Å². The first-order valence-electron chi connectivity index (χ1n) is 5.43. The van der Waals surface area contributed by atoms with Crippen molar-refractivity contribution in [2.45, 2.75) is 6.54 Å². The van der Waals surface area contributed by atoms with Crippen molar-refractivity contribution >= 4 is 11.6 Å². The molecule has 1 aromatic heterocycles.